The van der Waals surface area contributed by atoms with Gasteiger partial charge in [-0.1, -0.05) is 6.07 Å². The number of aryl methyl sites for hydroxylation is 1. The maximum Gasteiger partial charge on any atom is 0.273 e. The summed E-state index contributed by atoms with van der Waals surface area (Å²) in [4.78, 5) is 23.8. The van der Waals surface area contributed by atoms with Crippen molar-refractivity contribution >= 4 is 23.2 Å². The third-order valence-corrected chi connectivity index (χ3v) is 2.66. The highest BCUT2D eigenvalue weighted by Gasteiger charge is 2.18. The molecule has 1 aromatic rings. The van der Waals surface area contributed by atoms with Crippen molar-refractivity contribution in [2.45, 2.75) is 19.2 Å². The number of halogens is 1. The Labute approximate surface area is 110 Å². The Hall–Kier alpha value is -1.62. The summed E-state index contributed by atoms with van der Waals surface area (Å²) in [5, 5.41) is 10.6. The fourth-order valence-corrected chi connectivity index (χ4v) is 1.83. The first-order valence-corrected chi connectivity index (χ1v) is 5.91. The summed E-state index contributed by atoms with van der Waals surface area (Å²) in [6.07, 6.45) is 0. The van der Waals surface area contributed by atoms with Crippen molar-refractivity contribution in [2.24, 2.45) is 0 Å². The number of alkyl halides is 1. The van der Waals surface area contributed by atoms with E-state index in [1.807, 2.05) is 0 Å². The average Bonchev–Trinajstić information content (AvgIpc) is 2.27. The van der Waals surface area contributed by atoms with Crippen molar-refractivity contribution in [3.05, 3.63) is 39.4 Å². The summed E-state index contributed by atoms with van der Waals surface area (Å²) in [6.45, 7) is 3.81. The first kappa shape index (κ1) is 14.4. The molecule has 0 heterocycles. The van der Waals surface area contributed by atoms with E-state index in [9.17, 15) is 14.9 Å². The monoisotopic (exact) mass is 270 g/mol. The minimum Gasteiger partial charge on any atom is -0.340 e. The van der Waals surface area contributed by atoms with Gasteiger partial charge >= 0.3 is 0 Å². The number of nitrogens with zero attached hydrogens (tertiary/aromatic N) is 2. The molecule has 18 heavy (non-hydrogen) atoms. The number of hydrogen-bond acceptors (Lipinski definition) is 3. The fourth-order valence-electron chi connectivity index (χ4n) is 1.62. The van der Waals surface area contributed by atoms with Gasteiger partial charge in [0.1, 0.15) is 0 Å². The molecule has 1 amide bonds. The van der Waals surface area contributed by atoms with Crippen LogP contribution in [0.1, 0.15) is 22.8 Å². The van der Waals surface area contributed by atoms with Crippen molar-refractivity contribution in [3.8, 4) is 0 Å². The van der Waals surface area contributed by atoms with Gasteiger partial charge in [-0.05, 0) is 19.9 Å². The Kier molecular flexibility index (Phi) is 4.67. The molecule has 0 saturated carbocycles. The highest BCUT2D eigenvalue weighted by Crippen LogP contribution is 2.20. The second kappa shape index (κ2) is 5.82. The molecule has 0 bridgehead atoms. The molecular weight excluding hydrogens is 256 g/mol. The van der Waals surface area contributed by atoms with E-state index in [2.05, 4.69) is 0 Å². The average molecular weight is 271 g/mol. The van der Waals surface area contributed by atoms with Gasteiger partial charge in [0.05, 0.1) is 4.92 Å². The van der Waals surface area contributed by atoms with Crippen molar-refractivity contribution < 1.29 is 9.72 Å². The van der Waals surface area contributed by atoms with Gasteiger partial charge < -0.3 is 4.90 Å². The molecule has 0 aromatic heterocycles. The van der Waals surface area contributed by atoms with Crippen LogP contribution in [0.3, 0.4) is 0 Å². The van der Waals surface area contributed by atoms with Crippen LogP contribution in [-0.2, 0) is 0 Å². The molecule has 0 aliphatic rings. The predicted molar refractivity (Wildman–Crippen MR) is 70.1 cm³/mol. The number of nitro benzene ring substituents is 1. The number of carbonyl (C=O) groups excluding carboxylic acids is 1. The highest BCUT2D eigenvalue weighted by atomic mass is 35.5. The van der Waals surface area contributed by atoms with Gasteiger partial charge in [0.25, 0.3) is 11.6 Å². The summed E-state index contributed by atoms with van der Waals surface area (Å²) in [7, 11) is 1.62. The lowest BCUT2D eigenvalue weighted by Crippen LogP contribution is -2.31. The summed E-state index contributed by atoms with van der Waals surface area (Å²) < 4.78 is 0. The van der Waals surface area contributed by atoms with E-state index in [0.717, 1.165) is 0 Å². The minimum atomic E-state index is -0.490. The van der Waals surface area contributed by atoms with Crippen LogP contribution in [0.25, 0.3) is 0 Å². The zero-order valence-electron chi connectivity index (χ0n) is 10.5. The van der Waals surface area contributed by atoms with Gasteiger partial charge in [-0.15, -0.1) is 11.6 Å². The Morgan fingerprint density at radius 1 is 1.56 bits per heavy atom. The molecule has 0 radical (unpaired) electrons. The van der Waals surface area contributed by atoms with Crippen LogP contribution in [0.4, 0.5) is 5.69 Å². The van der Waals surface area contributed by atoms with Crippen LogP contribution >= 0.6 is 11.6 Å². The molecule has 1 unspecified atom stereocenters. The number of benzene rings is 1. The van der Waals surface area contributed by atoms with Crippen LogP contribution in [0.5, 0.6) is 0 Å². The molecule has 0 fully saturated rings. The molecule has 5 nitrogen and oxygen atoms in total. The Morgan fingerprint density at radius 3 is 2.67 bits per heavy atom. The second-order valence-electron chi connectivity index (χ2n) is 4.22. The SMILES string of the molecule is Cc1ccc(C(=O)N(C)CC(C)Cl)cc1[N+](=O)[O-]. The summed E-state index contributed by atoms with van der Waals surface area (Å²) >= 11 is 5.81. The summed E-state index contributed by atoms with van der Waals surface area (Å²) in [6, 6.07) is 4.45. The number of hydrogen-bond donors (Lipinski definition) is 0. The first-order valence-electron chi connectivity index (χ1n) is 5.47. The third-order valence-electron chi connectivity index (χ3n) is 2.52. The lowest BCUT2D eigenvalue weighted by Gasteiger charge is -2.18. The molecule has 0 aliphatic heterocycles. The topological polar surface area (TPSA) is 63.5 Å². The quantitative estimate of drug-likeness (QED) is 0.480. The maximum absolute atomic E-state index is 12.0. The van der Waals surface area contributed by atoms with Crippen LogP contribution < -0.4 is 0 Å². The normalized spacial score (nSPS) is 12.0. The van der Waals surface area contributed by atoms with Crippen molar-refractivity contribution in [2.75, 3.05) is 13.6 Å². The molecular formula is C12H15ClN2O3. The smallest absolute Gasteiger partial charge is 0.273 e. The second-order valence-corrected chi connectivity index (χ2v) is 4.97. The van der Waals surface area contributed by atoms with Gasteiger partial charge in [0, 0.05) is 36.2 Å². The Bertz CT molecular complexity index is 474. The molecule has 1 atom stereocenters. The Balaban J connectivity index is 3.00. The van der Waals surface area contributed by atoms with Crippen molar-refractivity contribution in [1.29, 1.82) is 0 Å². The van der Waals surface area contributed by atoms with Crippen molar-refractivity contribution in [1.82, 2.24) is 4.90 Å². The third kappa shape index (κ3) is 3.43. The highest BCUT2D eigenvalue weighted by molar-refractivity contribution is 6.20. The van der Waals surface area contributed by atoms with Crippen LogP contribution in [0, 0.1) is 17.0 Å². The fraction of sp³-hybridized carbons (Fsp3) is 0.417. The zero-order chi connectivity index (χ0) is 13.9. The largest absolute Gasteiger partial charge is 0.340 e. The van der Waals surface area contributed by atoms with Gasteiger partial charge in [-0.2, -0.15) is 0 Å². The minimum absolute atomic E-state index is 0.0480. The van der Waals surface area contributed by atoms with Gasteiger partial charge in [-0.25, -0.2) is 0 Å². The molecule has 6 heteroatoms. The van der Waals surface area contributed by atoms with E-state index in [1.54, 1.807) is 33.0 Å². The molecule has 1 rings (SSSR count). The van der Waals surface area contributed by atoms with E-state index >= 15 is 0 Å². The number of amides is 1. The van der Waals surface area contributed by atoms with Crippen LogP contribution in [0.15, 0.2) is 18.2 Å². The first-order chi connectivity index (χ1) is 8.32. The van der Waals surface area contributed by atoms with Gasteiger partial charge in [0.15, 0.2) is 0 Å². The standard InChI is InChI=1S/C12H15ClN2O3/c1-8-4-5-10(6-11(8)15(17)18)12(16)14(3)7-9(2)13/h4-6,9H,7H2,1-3H3. The molecule has 0 N–H and O–H groups in total. The maximum atomic E-state index is 12.0. The number of nitro groups is 1. The predicted octanol–water partition coefficient (Wildman–Crippen LogP) is 2.60. The molecule has 0 saturated heterocycles. The van der Waals surface area contributed by atoms with Gasteiger partial charge in [-0.3, -0.25) is 14.9 Å². The number of carbonyl (C=O) groups is 1. The van der Waals surface area contributed by atoms with Gasteiger partial charge in [0.2, 0.25) is 0 Å². The lowest BCUT2D eigenvalue weighted by atomic mass is 10.1. The molecule has 98 valence electrons. The number of rotatable bonds is 4. The lowest BCUT2D eigenvalue weighted by molar-refractivity contribution is -0.385. The van der Waals surface area contributed by atoms with E-state index < -0.39 is 4.92 Å². The van der Waals surface area contributed by atoms with E-state index in [-0.39, 0.29) is 17.0 Å². The van der Waals surface area contributed by atoms with E-state index in [1.165, 1.54) is 11.0 Å². The van der Waals surface area contributed by atoms with E-state index in [4.69, 9.17) is 11.6 Å². The molecule has 0 spiro atoms. The van der Waals surface area contributed by atoms with Crippen LogP contribution in [-0.4, -0.2) is 34.7 Å². The van der Waals surface area contributed by atoms with Crippen molar-refractivity contribution in [3.63, 3.8) is 0 Å². The summed E-state index contributed by atoms with van der Waals surface area (Å²) in [5.74, 6) is -0.273. The van der Waals surface area contributed by atoms with E-state index in [0.29, 0.717) is 17.7 Å². The molecule has 0 aliphatic carbocycles. The summed E-state index contributed by atoms with van der Waals surface area (Å²) in [5.41, 5.74) is 0.783. The zero-order valence-corrected chi connectivity index (χ0v) is 11.3. The van der Waals surface area contributed by atoms with Crippen LogP contribution in [0.2, 0.25) is 0 Å². The Morgan fingerprint density at radius 2 is 2.17 bits per heavy atom. The molecule has 1 aromatic carbocycles.